The minimum Gasteiger partial charge on any atom is -0.379 e. The number of morpholine rings is 1. The zero-order chi connectivity index (χ0) is 15.7. The van der Waals surface area contributed by atoms with Gasteiger partial charge < -0.3 is 4.74 Å². The van der Waals surface area contributed by atoms with Gasteiger partial charge in [-0.25, -0.2) is 0 Å². The third kappa shape index (κ3) is 2.65. The van der Waals surface area contributed by atoms with Crippen LogP contribution >= 0.6 is 11.6 Å². The molecule has 4 rings (SSSR count). The van der Waals surface area contributed by atoms with E-state index in [2.05, 4.69) is 20.4 Å². The fraction of sp³-hybridized carbons (Fsp3) is 0.562. The molecule has 7 heteroatoms. The van der Waals surface area contributed by atoms with Crippen LogP contribution in [0.5, 0.6) is 0 Å². The van der Waals surface area contributed by atoms with Crippen LogP contribution in [0.25, 0.3) is 5.69 Å². The van der Waals surface area contributed by atoms with Crippen molar-refractivity contribution in [2.24, 2.45) is 0 Å². The minimum atomic E-state index is -0.0765. The summed E-state index contributed by atoms with van der Waals surface area (Å²) in [6.07, 6.45) is 4.62. The van der Waals surface area contributed by atoms with Crippen LogP contribution in [0.3, 0.4) is 0 Å². The molecule has 23 heavy (non-hydrogen) atoms. The number of benzene rings is 1. The van der Waals surface area contributed by atoms with Crippen molar-refractivity contribution in [3.05, 3.63) is 35.1 Å². The molecular formula is C16H20ClN5O. The lowest BCUT2D eigenvalue weighted by molar-refractivity contribution is -0.0273. The molecule has 0 amide bonds. The Balaban J connectivity index is 1.75. The van der Waals surface area contributed by atoms with Crippen molar-refractivity contribution < 1.29 is 4.74 Å². The number of halogens is 1. The zero-order valence-electron chi connectivity index (χ0n) is 13.0. The van der Waals surface area contributed by atoms with E-state index in [0.29, 0.717) is 5.02 Å². The average Bonchev–Trinajstić information content (AvgIpc) is 3.26. The molecule has 6 nitrogen and oxygen atoms in total. The molecule has 0 N–H and O–H groups in total. The molecule has 1 aromatic carbocycles. The van der Waals surface area contributed by atoms with E-state index in [1.54, 1.807) is 0 Å². The third-order valence-corrected chi connectivity index (χ3v) is 5.26. The van der Waals surface area contributed by atoms with Crippen LogP contribution in [0.1, 0.15) is 31.5 Å². The maximum absolute atomic E-state index is 6.01. The van der Waals surface area contributed by atoms with Crippen molar-refractivity contribution >= 4 is 11.6 Å². The lowest BCUT2D eigenvalue weighted by Crippen LogP contribution is -2.51. The second-order valence-corrected chi connectivity index (χ2v) is 6.67. The van der Waals surface area contributed by atoms with Crippen LogP contribution in [-0.2, 0) is 10.3 Å². The van der Waals surface area contributed by atoms with Crippen LogP contribution < -0.4 is 0 Å². The molecule has 1 saturated heterocycles. The molecule has 2 aromatic rings. The average molecular weight is 334 g/mol. The van der Waals surface area contributed by atoms with E-state index in [1.165, 1.54) is 12.8 Å². The Kier molecular flexibility index (Phi) is 4.05. The summed E-state index contributed by atoms with van der Waals surface area (Å²) >= 11 is 6.01. The first kappa shape index (κ1) is 15.1. The summed E-state index contributed by atoms with van der Waals surface area (Å²) in [5.74, 6) is 0.944. The van der Waals surface area contributed by atoms with Gasteiger partial charge in [-0.1, -0.05) is 24.4 Å². The molecule has 2 aliphatic rings. The molecule has 1 aliphatic heterocycles. The lowest BCUT2D eigenvalue weighted by atomic mass is 9.93. The number of nitrogens with zero attached hydrogens (tertiary/aromatic N) is 5. The Morgan fingerprint density at radius 1 is 1.04 bits per heavy atom. The number of hydrogen-bond donors (Lipinski definition) is 0. The van der Waals surface area contributed by atoms with Crippen molar-refractivity contribution in [2.45, 2.75) is 31.2 Å². The SMILES string of the molecule is Clc1ccc(-n2nnnc2C2(N3CCOCC3)CCCC2)cc1. The zero-order valence-corrected chi connectivity index (χ0v) is 13.7. The molecule has 0 radical (unpaired) electrons. The Labute approximate surface area is 140 Å². The third-order valence-electron chi connectivity index (χ3n) is 5.00. The molecule has 1 aromatic heterocycles. The molecule has 0 atom stereocenters. The summed E-state index contributed by atoms with van der Waals surface area (Å²) in [6, 6.07) is 7.67. The molecular weight excluding hydrogens is 314 g/mol. The molecule has 1 aliphatic carbocycles. The van der Waals surface area contributed by atoms with Gasteiger partial charge in [0.2, 0.25) is 0 Å². The second-order valence-electron chi connectivity index (χ2n) is 6.23. The van der Waals surface area contributed by atoms with Crippen molar-refractivity contribution in [1.29, 1.82) is 0 Å². The molecule has 1 saturated carbocycles. The largest absolute Gasteiger partial charge is 0.379 e. The van der Waals surface area contributed by atoms with Gasteiger partial charge in [-0.05, 0) is 47.5 Å². The van der Waals surface area contributed by atoms with Gasteiger partial charge in [0.05, 0.1) is 24.4 Å². The highest BCUT2D eigenvalue weighted by molar-refractivity contribution is 6.30. The van der Waals surface area contributed by atoms with E-state index in [1.807, 2.05) is 28.9 Å². The highest BCUT2D eigenvalue weighted by Gasteiger charge is 2.45. The van der Waals surface area contributed by atoms with Crippen molar-refractivity contribution in [1.82, 2.24) is 25.1 Å². The monoisotopic (exact) mass is 333 g/mol. The Morgan fingerprint density at radius 2 is 1.74 bits per heavy atom. The van der Waals surface area contributed by atoms with E-state index in [-0.39, 0.29) is 5.54 Å². The predicted octanol–water partition coefficient (Wildman–Crippen LogP) is 2.42. The van der Waals surface area contributed by atoms with Gasteiger partial charge in [-0.15, -0.1) is 5.10 Å². The molecule has 0 spiro atoms. The van der Waals surface area contributed by atoms with Crippen molar-refractivity contribution in [2.75, 3.05) is 26.3 Å². The second kappa shape index (κ2) is 6.19. The van der Waals surface area contributed by atoms with Crippen LogP contribution in [-0.4, -0.2) is 51.4 Å². The van der Waals surface area contributed by atoms with Crippen LogP contribution in [0.4, 0.5) is 0 Å². The number of aromatic nitrogens is 4. The van der Waals surface area contributed by atoms with Crippen molar-refractivity contribution in [3.63, 3.8) is 0 Å². The molecule has 2 heterocycles. The molecule has 2 fully saturated rings. The summed E-state index contributed by atoms with van der Waals surface area (Å²) in [5.41, 5.74) is 0.876. The molecule has 122 valence electrons. The van der Waals surface area contributed by atoms with Crippen LogP contribution in [0.15, 0.2) is 24.3 Å². The highest BCUT2D eigenvalue weighted by atomic mass is 35.5. The van der Waals surface area contributed by atoms with E-state index in [4.69, 9.17) is 16.3 Å². The van der Waals surface area contributed by atoms with Gasteiger partial charge in [-0.3, -0.25) is 4.90 Å². The normalized spacial score (nSPS) is 21.6. The first-order valence-electron chi connectivity index (χ1n) is 8.17. The van der Waals surface area contributed by atoms with Gasteiger partial charge in [0, 0.05) is 18.1 Å². The first-order valence-corrected chi connectivity index (χ1v) is 8.55. The summed E-state index contributed by atoms with van der Waals surface area (Å²) in [4.78, 5) is 2.52. The predicted molar refractivity (Wildman–Crippen MR) is 86.7 cm³/mol. The maximum Gasteiger partial charge on any atom is 0.176 e. The Morgan fingerprint density at radius 3 is 2.43 bits per heavy atom. The van der Waals surface area contributed by atoms with Gasteiger partial charge in [0.1, 0.15) is 0 Å². The smallest absolute Gasteiger partial charge is 0.176 e. The van der Waals surface area contributed by atoms with Gasteiger partial charge in [0.15, 0.2) is 5.82 Å². The van der Waals surface area contributed by atoms with Crippen molar-refractivity contribution in [3.8, 4) is 5.69 Å². The van der Waals surface area contributed by atoms with Gasteiger partial charge in [0.25, 0.3) is 0 Å². The van der Waals surface area contributed by atoms with Crippen LogP contribution in [0.2, 0.25) is 5.02 Å². The van der Waals surface area contributed by atoms with Crippen LogP contribution in [0, 0.1) is 0 Å². The summed E-state index contributed by atoms with van der Waals surface area (Å²) in [7, 11) is 0. The lowest BCUT2D eigenvalue weighted by Gasteiger charge is -2.42. The number of ether oxygens (including phenoxy) is 1. The maximum atomic E-state index is 6.01. The Bertz CT molecular complexity index is 659. The van der Waals surface area contributed by atoms with E-state index in [9.17, 15) is 0 Å². The molecule has 0 unspecified atom stereocenters. The fourth-order valence-corrected chi connectivity index (χ4v) is 3.99. The summed E-state index contributed by atoms with van der Waals surface area (Å²) in [6.45, 7) is 3.44. The van der Waals surface area contributed by atoms with E-state index >= 15 is 0 Å². The van der Waals surface area contributed by atoms with E-state index in [0.717, 1.165) is 50.7 Å². The standard InChI is InChI=1S/C16H20ClN5O/c17-13-3-5-14(6-4-13)22-15(18-19-20-22)16(7-1-2-8-16)21-9-11-23-12-10-21/h3-6H,1-2,7-12H2. The fourth-order valence-electron chi connectivity index (χ4n) is 3.87. The van der Waals surface area contributed by atoms with Gasteiger partial charge in [-0.2, -0.15) is 4.68 Å². The number of hydrogen-bond acceptors (Lipinski definition) is 5. The Hall–Kier alpha value is -1.50. The quantitative estimate of drug-likeness (QED) is 0.863. The van der Waals surface area contributed by atoms with Gasteiger partial charge >= 0.3 is 0 Å². The minimum absolute atomic E-state index is 0.0765. The summed E-state index contributed by atoms with van der Waals surface area (Å²) < 4.78 is 7.41. The highest BCUT2D eigenvalue weighted by Crippen LogP contribution is 2.43. The van der Waals surface area contributed by atoms with E-state index < -0.39 is 0 Å². The summed E-state index contributed by atoms with van der Waals surface area (Å²) in [5, 5.41) is 13.4. The number of rotatable bonds is 3. The molecule has 0 bridgehead atoms. The first-order chi connectivity index (χ1) is 11.3. The number of tetrazole rings is 1. The topological polar surface area (TPSA) is 56.1 Å².